The molecular formula is C7H13NO2S. The lowest BCUT2D eigenvalue weighted by molar-refractivity contribution is 0.218. The molecule has 0 bridgehead atoms. The Kier molecular flexibility index (Phi) is 6.09. The minimum atomic E-state index is -0.897. The van der Waals surface area contributed by atoms with E-state index >= 15 is 0 Å². The van der Waals surface area contributed by atoms with E-state index in [0.29, 0.717) is 18.1 Å². The highest BCUT2D eigenvalue weighted by Crippen LogP contribution is 1.95. The Morgan fingerprint density at radius 3 is 2.82 bits per heavy atom. The van der Waals surface area contributed by atoms with E-state index in [-0.39, 0.29) is 5.92 Å². The van der Waals surface area contributed by atoms with Crippen LogP contribution in [-0.4, -0.2) is 29.4 Å². The lowest BCUT2D eigenvalue weighted by atomic mass is 10.3. The molecule has 0 radical (unpaired) electrons. The van der Waals surface area contributed by atoms with Crippen molar-refractivity contribution >= 4 is 10.8 Å². The Morgan fingerprint density at radius 1 is 1.73 bits per heavy atom. The molecule has 0 fully saturated rings. The number of nitrogens with zero attached hydrogens (tertiary/aromatic N) is 1. The maximum absolute atomic E-state index is 11.1. The Labute approximate surface area is 69.8 Å². The summed E-state index contributed by atoms with van der Waals surface area (Å²) in [6.45, 7) is 2.27. The minimum absolute atomic E-state index is 0.118. The summed E-state index contributed by atoms with van der Waals surface area (Å²) in [6, 6.07) is 2.04. The molecule has 2 unspecified atom stereocenters. The van der Waals surface area contributed by atoms with Crippen LogP contribution in [0.25, 0.3) is 0 Å². The zero-order valence-electron chi connectivity index (χ0n) is 6.87. The summed E-state index contributed by atoms with van der Waals surface area (Å²) in [6.07, 6.45) is 0. The molecule has 0 heterocycles. The van der Waals surface area contributed by atoms with Gasteiger partial charge >= 0.3 is 0 Å². The summed E-state index contributed by atoms with van der Waals surface area (Å²) >= 11 is 0. The van der Waals surface area contributed by atoms with Gasteiger partial charge in [0.25, 0.3) is 0 Å². The minimum Gasteiger partial charge on any atom is -0.384 e. The Hall–Kier alpha value is -0.400. The zero-order chi connectivity index (χ0) is 8.69. The SMILES string of the molecule is COCCS(=O)CC(C)C#N. The lowest BCUT2D eigenvalue weighted by Gasteiger charge is -2.01. The van der Waals surface area contributed by atoms with Crippen molar-refractivity contribution in [2.75, 3.05) is 25.2 Å². The fourth-order valence-electron chi connectivity index (χ4n) is 0.576. The lowest BCUT2D eigenvalue weighted by Crippen LogP contribution is -2.12. The number of rotatable bonds is 5. The number of methoxy groups -OCH3 is 1. The summed E-state index contributed by atoms with van der Waals surface area (Å²) in [4.78, 5) is 0. The summed E-state index contributed by atoms with van der Waals surface area (Å²) < 4.78 is 15.8. The second-order valence-electron chi connectivity index (χ2n) is 2.33. The summed E-state index contributed by atoms with van der Waals surface area (Å²) in [5.74, 6) is 0.871. The van der Waals surface area contributed by atoms with Crippen molar-refractivity contribution in [2.24, 2.45) is 5.92 Å². The van der Waals surface area contributed by atoms with Crippen LogP contribution in [0.1, 0.15) is 6.92 Å². The molecule has 2 atom stereocenters. The summed E-state index contributed by atoms with van der Waals surface area (Å²) in [5.41, 5.74) is 0. The quantitative estimate of drug-likeness (QED) is 0.613. The monoisotopic (exact) mass is 175 g/mol. The second kappa shape index (κ2) is 6.32. The van der Waals surface area contributed by atoms with Crippen LogP contribution >= 0.6 is 0 Å². The summed E-state index contributed by atoms with van der Waals surface area (Å²) in [5, 5.41) is 8.39. The molecule has 0 aromatic heterocycles. The molecule has 0 aliphatic carbocycles. The van der Waals surface area contributed by atoms with Gasteiger partial charge in [0.15, 0.2) is 0 Å². The third-order valence-corrected chi connectivity index (χ3v) is 2.67. The van der Waals surface area contributed by atoms with Crippen molar-refractivity contribution in [1.82, 2.24) is 0 Å². The van der Waals surface area contributed by atoms with E-state index < -0.39 is 10.8 Å². The maximum atomic E-state index is 11.1. The first-order chi connectivity index (χ1) is 5.20. The van der Waals surface area contributed by atoms with Gasteiger partial charge in [-0.1, -0.05) is 0 Å². The molecule has 0 saturated heterocycles. The van der Waals surface area contributed by atoms with Gasteiger partial charge in [-0.3, -0.25) is 4.21 Å². The van der Waals surface area contributed by atoms with E-state index in [4.69, 9.17) is 10.00 Å². The van der Waals surface area contributed by atoms with Gasteiger partial charge in [-0.25, -0.2) is 0 Å². The predicted octanol–water partition coefficient (Wildman–Crippen LogP) is 0.541. The smallest absolute Gasteiger partial charge is 0.0662 e. The van der Waals surface area contributed by atoms with Gasteiger partial charge in [0.1, 0.15) is 0 Å². The van der Waals surface area contributed by atoms with Gasteiger partial charge in [0.05, 0.1) is 18.6 Å². The van der Waals surface area contributed by atoms with Crippen LogP contribution < -0.4 is 0 Å². The number of hydrogen-bond donors (Lipinski definition) is 0. The highest BCUT2D eigenvalue weighted by molar-refractivity contribution is 7.85. The molecule has 0 aliphatic heterocycles. The van der Waals surface area contributed by atoms with Crippen molar-refractivity contribution in [1.29, 1.82) is 5.26 Å². The average Bonchev–Trinajstić information content (AvgIpc) is 2.00. The Balaban J connectivity index is 3.46. The van der Waals surface area contributed by atoms with E-state index in [2.05, 4.69) is 0 Å². The first kappa shape index (κ1) is 10.6. The molecule has 0 aromatic rings. The van der Waals surface area contributed by atoms with Gasteiger partial charge in [0.2, 0.25) is 0 Å². The molecule has 0 aliphatic rings. The zero-order valence-corrected chi connectivity index (χ0v) is 7.69. The molecule has 3 nitrogen and oxygen atoms in total. The fraction of sp³-hybridized carbons (Fsp3) is 0.857. The third kappa shape index (κ3) is 6.02. The Morgan fingerprint density at radius 2 is 2.36 bits per heavy atom. The number of ether oxygens (including phenoxy) is 1. The largest absolute Gasteiger partial charge is 0.384 e. The third-order valence-electron chi connectivity index (χ3n) is 1.17. The Bertz CT molecular complexity index is 164. The van der Waals surface area contributed by atoms with E-state index in [9.17, 15) is 4.21 Å². The van der Waals surface area contributed by atoms with Crippen molar-refractivity contribution in [2.45, 2.75) is 6.92 Å². The van der Waals surface area contributed by atoms with E-state index in [0.717, 1.165) is 0 Å². The van der Waals surface area contributed by atoms with E-state index in [1.807, 2.05) is 6.07 Å². The van der Waals surface area contributed by atoms with Crippen molar-refractivity contribution in [3.05, 3.63) is 0 Å². The first-order valence-corrected chi connectivity index (χ1v) is 4.93. The fourth-order valence-corrected chi connectivity index (χ4v) is 1.73. The van der Waals surface area contributed by atoms with Crippen LogP contribution in [0.4, 0.5) is 0 Å². The van der Waals surface area contributed by atoms with Crippen molar-refractivity contribution in [3.63, 3.8) is 0 Å². The molecule has 0 amide bonds. The molecular weight excluding hydrogens is 162 g/mol. The van der Waals surface area contributed by atoms with Crippen LogP contribution in [0.15, 0.2) is 0 Å². The number of nitriles is 1. The van der Waals surface area contributed by atoms with Crippen LogP contribution in [0.2, 0.25) is 0 Å². The highest BCUT2D eigenvalue weighted by Gasteiger charge is 2.05. The van der Waals surface area contributed by atoms with Gasteiger partial charge in [0, 0.05) is 29.4 Å². The number of hydrogen-bond acceptors (Lipinski definition) is 3. The van der Waals surface area contributed by atoms with Gasteiger partial charge in [-0.2, -0.15) is 5.26 Å². The second-order valence-corrected chi connectivity index (χ2v) is 3.95. The average molecular weight is 175 g/mol. The first-order valence-electron chi connectivity index (χ1n) is 3.44. The van der Waals surface area contributed by atoms with Gasteiger partial charge in [-0.15, -0.1) is 0 Å². The van der Waals surface area contributed by atoms with Crippen LogP contribution in [0.3, 0.4) is 0 Å². The predicted molar refractivity (Wildman–Crippen MR) is 44.5 cm³/mol. The normalized spacial score (nSPS) is 15.4. The molecule has 0 aromatic carbocycles. The summed E-state index contributed by atoms with van der Waals surface area (Å²) in [7, 11) is 0.677. The van der Waals surface area contributed by atoms with Crippen LogP contribution in [0, 0.1) is 17.2 Å². The van der Waals surface area contributed by atoms with E-state index in [1.165, 1.54) is 0 Å². The topological polar surface area (TPSA) is 50.1 Å². The van der Waals surface area contributed by atoms with Crippen LogP contribution in [0.5, 0.6) is 0 Å². The molecule has 0 N–H and O–H groups in total. The highest BCUT2D eigenvalue weighted by atomic mass is 32.2. The molecule has 0 saturated carbocycles. The van der Waals surface area contributed by atoms with E-state index in [1.54, 1.807) is 14.0 Å². The molecule has 0 rings (SSSR count). The molecule has 4 heteroatoms. The van der Waals surface area contributed by atoms with Crippen molar-refractivity contribution in [3.8, 4) is 6.07 Å². The molecule has 11 heavy (non-hydrogen) atoms. The maximum Gasteiger partial charge on any atom is 0.0662 e. The molecule has 0 spiro atoms. The van der Waals surface area contributed by atoms with Crippen LogP contribution in [-0.2, 0) is 15.5 Å². The van der Waals surface area contributed by atoms with Gasteiger partial charge in [-0.05, 0) is 6.92 Å². The molecule has 64 valence electrons. The van der Waals surface area contributed by atoms with Gasteiger partial charge < -0.3 is 4.74 Å². The standard InChI is InChI=1S/C7H13NO2S/c1-7(5-8)6-11(9)4-3-10-2/h7H,3-4,6H2,1-2H3. The van der Waals surface area contributed by atoms with Crippen molar-refractivity contribution < 1.29 is 8.95 Å².